The molecular weight excluding hydrogens is 309 g/mol. The molecule has 1 N–H and O–H groups in total. The molecule has 1 rings (SSSR count). The lowest BCUT2D eigenvalue weighted by Crippen LogP contribution is -2.29. The molecule has 1 amide bonds. The first-order valence-corrected chi connectivity index (χ1v) is 8.10. The minimum atomic E-state index is -0.241. The number of carbonyl (C=O) groups excluding carboxylic acids is 1. The zero-order chi connectivity index (χ0) is 15.8. The molecule has 1 atom stereocenters. The van der Waals surface area contributed by atoms with E-state index in [9.17, 15) is 4.79 Å². The van der Waals surface area contributed by atoms with Crippen molar-refractivity contribution in [3.63, 3.8) is 0 Å². The molecule has 0 saturated heterocycles. The highest BCUT2D eigenvalue weighted by Gasteiger charge is 2.20. The quantitative estimate of drug-likeness (QED) is 0.731. The van der Waals surface area contributed by atoms with Gasteiger partial charge < -0.3 is 10.1 Å². The monoisotopic (exact) mass is 331 g/mol. The van der Waals surface area contributed by atoms with Crippen molar-refractivity contribution in [2.75, 3.05) is 13.7 Å². The summed E-state index contributed by atoms with van der Waals surface area (Å²) in [5.74, 6) is 0.565. The molecule has 118 valence electrons. The van der Waals surface area contributed by atoms with Crippen molar-refractivity contribution >= 4 is 29.1 Å². The SMILES string of the molecule is CCCCC(CC)CNC(=O)c1c(Cl)ccc(Cl)c1OC. The zero-order valence-corrected chi connectivity index (χ0v) is 14.4. The summed E-state index contributed by atoms with van der Waals surface area (Å²) in [4.78, 5) is 12.4. The first-order valence-electron chi connectivity index (χ1n) is 7.35. The number of methoxy groups -OCH3 is 1. The van der Waals surface area contributed by atoms with Crippen LogP contribution in [0.1, 0.15) is 49.9 Å². The fourth-order valence-electron chi connectivity index (χ4n) is 2.21. The van der Waals surface area contributed by atoms with Gasteiger partial charge in [-0.15, -0.1) is 0 Å². The Hall–Kier alpha value is -0.930. The van der Waals surface area contributed by atoms with Gasteiger partial charge >= 0.3 is 0 Å². The highest BCUT2D eigenvalue weighted by Crippen LogP contribution is 2.33. The largest absolute Gasteiger partial charge is 0.494 e. The zero-order valence-electron chi connectivity index (χ0n) is 12.8. The number of hydrogen-bond acceptors (Lipinski definition) is 2. The van der Waals surface area contributed by atoms with Gasteiger partial charge in [-0.3, -0.25) is 4.79 Å². The molecule has 1 aromatic rings. The van der Waals surface area contributed by atoms with Crippen LogP contribution in [-0.4, -0.2) is 19.6 Å². The maximum atomic E-state index is 12.4. The van der Waals surface area contributed by atoms with E-state index in [1.165, 1.54) is 20.0 Å². The lowest BCUT2D eigenvalue weighted by molar-refractivity contribution is 0.0943. The number of nitrogens with one attached hydrogen (secondary N) is 1. The van der Waals surface area contributed by atoms with Crippen molar-refractivity contribution in [3.8, 4) is 5.75 Å². The molecule has 1 aromatic carbocycles. The predicted molar refractivity (Wildman–Crippen MR) is 88.7 cm³/mol. The van der Waals surface area contributed by atoms with Crippen LogP contribution >= 0.6 is 23.2 Å². The Balaban J connectivity index is 2.78. The molecule has 1 unspecified atom stereocenters. The summed E-state index contributed by atoms with van der Waals surface area (Å²) >= 11 is 12.1. The van der Waals surface area contributed by atoms with Gasteiger partial charge in [0.05, 0.1) is 17.2 Å². The first-order chi connectivity index (χ1) is 10.0. The topological polar surface area (TPSA) is 38.3 Å². The van der Waals surface area contributed by atoms with E-state index in [4.69, 9.17) is 27.9 Å². The molecule has 0 aliphatic rings. The summed E-state index contributed by atoms with van der Waals surface area (Å²) in [6.45, 7) is 4.95. The summed E-state index contributed by atoms with van der Waals surface area (Å²) in [7, 11) is 1.48. The molecule has 3 nitrogen and oxygen atoms in total. The average molecular weight is 332 g/mol. The number of benzene rings is 1. The minimum Gasteiger partial charge on any atom is -0.494 e. The van der Waals surface area contributed by atoms with Gasteiger partial charge in [-0.25, -0.2) is 0 Å². The number of halogens is 2. The lowest BCUT2D eigenvalue weighted by atomic mass is 9.99. The summed E-state index contributed by atoms with van der Waals surface area (Å²) in [5, 5.41) is 3.66. The second kappa shape index (κ2) is 9.16. The summed E-state index contributed by atoms with van der Waals surface area (Å²) in [6.07, 6.45) is 4.50. The van der Waals surface area contributed by atoms with Crippen molar-refractivity contribution in [2.24, 2.45) is 5.92 Å². The van der Waals surface area contributed by atoms with Crippen LogP contribution in [0.5, 0.6) is 5.75 Å². The Morgan fingerprint density at radius 2 is 1.95 bits per heavy atom. The molecule has 0 saturated carbocycles. The number of ether oxygens (including phenoxy) is 1. The summed E-state index contributed by atoms with van der Waals surface area (Å²) < 4.78 is 5.20. The Bertz CT molecular complexity index is 478. The Morgan fingerprint density at radius 1 is 1.29 bits per heavy atom. The van der Waals surface area contributed by atoms with Crippen LogP contribution in [0.15, 0.2) is 12.1 Å². The second-order valence-corrected chi connectivity index (χ2v) is 5.88. The fourth-order valence-corrected chi connectivity index (χ4v) is 2.68. The van der Waals surface area contributed by atoms with E-state index in [0.29, 0.717) is 33.8 Å². The predicted octanol–water partition coefficient (Wildman–Crippen LogP) is 4.95. The summed E-state index contributed by atoms with van der Waals surface area (Å²) in [5.41, 5.74) is 0.303. The maximum absolute atomic E-state index is 12.4. The Labute approximate surface area is 137 Å². The Morgan fingerprint density at radius 3 is 2.52 bits per heavy atom. The van der Waals surface area contributed by atoms with Crippen LogP contribution in [0.2, 0.25) is 10.0 Å². The van der Waals surface area contributed by atoms with Gasteiger partial charge in [0.2, 0.25) is 0 Å². The summed E-state index contributed by atoms with van der Waals surface area (Å²) in [6, 6.07) is 3.23. The third kappa shape index (κ3) is 5.08. The molecule has 0 aliphatic heterocycles. The van der Waals surface area contributed by atoms with Gasteiger partial charge in [-0.1, -0.05) is 56.3 Å². The van der Waals surface area contributed by atoms with Crippen LogP contribution in [0.25, 0.3) is 0 Å². The van der Waals surface area contributed by atoms with E-state index in [-0.39, 0.29) is 5.91 Å². The maximum Gasteiger partial charge on any atom is 0.256 e. The average Bonchev–Trinajstić information content (AvgIpc) is 2.49. The molecular formula is C16H23Cl2NO2. The molecule has 5 heteroatoms. The molecule has 21 heavy (non-hydrogen) atoms. The number of rotatable bonds is 8. The molecule has 0 spiro atoms. The van der Waals surface area contributed by atoms with Gasteiger partial charge in [0, 0.05) is 6.54 Å². The van der Waals surface area contributed by atoms with Crippen molar-refractivity contribution in [3.05, 3.63) is 27.7 Å². The number of carbonyl (C=O) groups is 1. The van der Waals surface area contributed by atoms with Crippen molar-refractivity contribution in [1.29, 1.82) is 0 Å². The van der Waals surface area contributed by atoms with Crippen LogP contribution in [0, 0.1) is 5.92 Å². The molecule has 0 aromatic heterocycles. The van der Waals surface area contributed by atoms with E-state index in [1.54, 1.807) is 12.1 Å². The van der Waals surface area contributed by atoms with Crippen molar-refractivity contribution in [2.45, 2.75) is 39.5 Å². The normalized spacial score (nSPS) is 12.0. The van der Waals surface area contributed by atoms with E-state index in [1.807, 2.05) is 0 Å². The third-order valence-corrected chi connectivity index (χ3v) is 4.20. The van der Waals surface area contributed by atoms with Crippen LogP contribution in [0.4, 0.5) is 0 Å². The molecule has 0 aliphatic carbocycles. The van der Waals surface area contributed by atoms with Crippen molar-refractivity contribution in [1.82, 2.24) is 5.32 Å². The lowest BCUT2D eigenvalue weighted by Gasteiger charge is -2.17. The fraction of sp³-hybridized carbons (Fsp3) is 0.562. The van der Waals surface area contributed by atoms with Gasteiger partial charge in [-0.05, 0) is 24.5 Å². The van der Waals surface area contributed by atoms with E-state index in [2.05, 4.69) is 19.2 Å². The highest BCUT2D eigenvalue weighted by molar-refractivity contribution is 6.37. The van der Waals surface area contributed by atoms with Crippen LogP contribution in [0.3, 0.4) is 0 Å². The first kappa shape index (κ1) is 18.1. The van der Waals surface area contributed by atoms with Gasteiger partial charge in [0.1, 0.15) is 5.56 Å². The molecule has 0 radical (unpaired) electrons. The molecule has 0 bridgehead atoms. The van der Waals surface area contributed by atoms with Crippen molar-refractivity contribution < 1.29 is 9.53 Å². The van der Waals surface area contributed by atoms with Crippen LogP contribution in [-0.2, 0) is 0 Å². The van der Waals surface area contributed by atoms with Gasteiger partial charge in [-0.2, -0.15) is 0 Å². The molecule has 0 fully saturated rings. The number of unbranched alkanes of at least 4 members (excludes halogenated alkanes) is 1. The number of hydrogen-bond donors (Lipinski definition) is 1. The standard InChI is InChI=1S/C16H23Cl2NO2/c1-4-6-7-11(5-2)10-19-16(20)14-12(17)8-9-13(18)15(14)21-3/h8-9,11H,4-7,10H2,1-3H3,(H,19,20). The van der Waals surface area contributed by atoms with Crippen LogP contribution < -0.4 is 10.1 Å². The van der Waals surface area contributed by atoms with E-state index >= 15 is 0 Å². The van der Waals surface area contributed by atoms with E-state index in [0.717, 1.165) is 12.8 Å². The Kier molecular flexibility index (Phi) is 7.91. The third-order valence-electron chi connectivity index (χ3n) is 3.58. The highest BCUT2D eigenvalue weighted by atomic mass is 35.5. The van der Waals surface area contributed by atoms with E-state index < -0.39 is 0 Å². The van der Waals surface area contributed by atoms with Gasteiger partial charge in [0.25, 0.3) is 5.91 Å². The van der Waals surface area contributed by atoms with Gasteiger partial charge in [0.15, 0.2) is 5.75 Å². The number of amides is 1. The second-order valence-electron chi connectivity index (χ2n) is 5.06. The smallest absolute Gasteiger partial charge is 0.256 e. The minimum absolute atomic E-state index is 0.241. The molecule has 0 heterocycles.